The minimum atomic E-state index is -0.366. The first-order valence-electron chi connectivity index (χ1n) is 6.46. The van der Waals surface area contributed by atoms with Crippen LogP contribution in [0.25, 0.3) is 11.5 Å². The Morgan fingerprint density at radius 1 is 1.30 bits per heavy atom. The number of aromatic nitrogens is 3. The largest absolute Gasteiger partial charge is 0.369 e. The summed E-state index contributed by atoms with van der Waals surface area (Å²) in [5.74, 6) is 1.23. The lowest BCUT2D eigenvalue weighted by Crippen LogP contribution is -2.09. The van der Waals surface area contributed by atoms with E-state index >= 15 is 0 Å². The molecular weight excluding hydrogens is 370 g/mol. The summed E-state index contributed by atoms with van der Waals surface area (Å²) in [6.45, 7) is 6.97. The highest BCUT2D eigenvalue weighted by molar-refractivity contribution is 14.1. The van der Waals surface area contributed by atoms with Crippen molar-refractivity contribution in [1.82, 2.24) is 15.0 Å². The summed E-state index contributed by atoms with van der Waals surface area (Å²) >= 11 is 2.25. The van der Waals surface area contributed by atoms with Crippen LogP contribution in [0.4, 0.5) is 10.2 Å². The predicted octanol–water partition coefficient (Wildman–Crippen LogP) is 3.84. The Morgan fingerprint density at radius 3 is 2.60 bits per heavy atom. The van der Waals surface area contributed by atoms with Gasteiger partial charge in [-0.3, -0.25) is 0 Å². The van der Waals surface area contributed by atoms with Crippen LogP contribution >= 0.6 is 22.6 Å². The zero-order valence-corrected chi connectivity index (χ0v) is 13.8. The second kappa shape index (κ2) is 6.43. The minimum Gasteiger partial charge on any atom is -0.369 e. The molecule has 2 aromatic rings. The second-order valence-electron chi connectivity index (χ2n) is 4.64. The normalized spacial score (nSPS) is 10.9. The van der Waals surface area contributed by atoms with E-state index in [0.29, 0.717) is 11.5 Å². The van der Waals surface area contributed by atoms with Crippen LogP contribution in [0.15, 0.2) is 18.3 Å². The van der Waals surface area contributed by atoms with E-state index in [2.05, 4.69) is 56.7 Å². The molecule has 6 heteroatoms. The molecule has 0 atom stereocenters. The molecule has 1 N–H and O–H groups in total. The quantitative estimate of drug-likeness (QED) is 0.812. The first-order chi connectivity index (χ1) is 9.52. The van der Waals surface area contributed by atoms with E-state index in [0.717, 1.165) is 21.6 Å². The SMILES string of the molecule is CCNc1nc(-c2ccc(F)cn2)nc(C(C)C)c1I. The zero-order valence-electron chi connectivity index (χ0n) is 11.6. The maximum absolute atomic E-state index is 13.0. The lowest BCUT2D eigenvalue weighted by atomic mass is 10.1. The van der Waals surface area contributed by atoms with E-state index in [1.54, 1.807) is 6.07 Å². The van der Waals surface area contributed by atoms with Gasteiger partial charge < -0.3 is 5.32 Å². The standard InChI is InChI=1S/C14H16FIN4/c1-4-17-14-11(16)12(8(2)3)19-13(20-14)10-6-5-9(15)7-18-10/h5-8H,4H2,1-3H3,(H,17,19,20). The van der Waals surface area contributed by atoms with Gasteiger partial charge >= 0.3 is 0 Å². The molecule has 0 bridgehead atoms. The molecule has 0 saturated carbocycles. The lowest BCUT2D eigenvalue weighted by Gasteiger charge is -2.14. The van der Waals surface area contributed by atoms with Gasteiger partial charge in [-0.1, -0.05) is 13.8 Å². The van der Waals surface area contributed by atoms with Crippen molar-refractivity contribution in [3.63, 3.8) is 0 Å². The number of pyridine rings is 1. The molecule has 0 amide bonds. The van der Waals surface area contributed by atoms with Crippen molar-refractivity contribution in [3.05, 3.63) is 33.4 Å². The summed E-state index contributed by atoms with van der Waals surface area (Å²) in [5, 5.41) is 3.23. The van der Waals surface area contributed by atoms with Crippen LogP contribution in [0.3, 0.4) is 0 Å². The summed E-state index contributed by atoms with van der Waals surface area (Å²) in [5.41, 5.74) is 1.54. The summed E-state index contributed by atoms with van der Waals surface area (Å²) < 4.78 is 14.0. The molecule has 2 heterocycles. The Kier molecular flexibility index (Phi) is 4.85. The fourth-order valence-corrected chi connectivity index (χ4v) is 2.81. The minimum absolute atomic E-state index is 0.279. The molecular formula is C14H16FIN4. The molecule has 0 aliphatic heterocycles. The molecule has 0 fully saturated rings. The first kappa shape index (κ1) is 15.1. The number of nitrogens with zero attached hydrogens (tertiary/aromatic N) is 3. The van der Waals surface area contributed by atoms with Crippen molar-refractivity contribution < 1.29 is 4.39 Å². The smallest absolute Gasteiger partial charge is 0.180 e. The van der Waals surface area contributed by atoms with Gasteiger partial charge in [-0.2, -0.15) is 0 Å². The first-order valence-corrected chi connectivity index (χ1v) is 7.54. The van der Waals surface area contributed by atoms with Crippen LogP contribution in [-0.4, -0.2) is 21.5 Å². The molecule has 0 aromatic carbocycles. The Bertz CT molecular complexity index is 599. The number of hydrogen-bond donors (Lipinski definition) is 1. The highest BCUT2D eigenvalue weighted by atomic mass is 127. The predicted molar refractivity (Wildman–Crippen MR) is 86.2 cm³/mol. The van der Waals surface area contributed by atoms with Crippen LogP contribution in [0, 0.1) is 9.39 Å². The second-order valence-corrected chi connectivity index (χ2v) is 5.72. The van der Waals surface area contributed by atoms with Gasteiger partial charge in [0.25, 0.3) is 0 Å². The van der Waals surface area contributed by atoms with Crippen molar-refractivity contribution in [2.24, 2.45) is 0 Å². The van der Waals surface area contributed by atoms with Crippen molar-refractivity contribution in [1.29, 1.82) is 0 Å². The number of hydrogen-bond acceptors (Lipinski definition) is 4. The van der Waals surface area contributed by atoms with Crippen LogP contribution in [0.1, 0.15) is 32.4 Å². The molecule has 0 unspecified atom stereocenters. The van der Waals surface area contributed by atoms with Gasteiger partial charge in [-0.05, 0) is 47.6 Å². The monoisotopic (exact) mass is 386 g/mol. The van der Waals surface area contributed by atoms with Crippen molar-refractivity contribution in [2.75, 3.05) is 11.9 Å². The van der Waals surface area contributed by atoms with E-state index in [1.807, 2.05) is 6.92 Å². The van der Waals surface area contributed by atoms with Gasteiger partial charge in [0.2, 0.25) is 0 Å². The fourth-order valence-electron chi connectivity index (χ4n) is 1.75. The van der Waals surface area contributed by atoms with Gasteiger partial charge in [0, 0.05) is 6.54 Å². The Balaban J connectivity index is 2.55. The molecule has 2 rings (SSSR count). The van der Waals surface area contributed by atoms with E-state index in [1.165, 1.54) is 12.3 Å². The lowest BCUT2D eigenvalue weighted by molar-refractivity contribution is 0.621. The molecule has 106 valence electrons. The highest BCUT2D eigenvalue weighted by Gasteiger charge is 2.16. The van der Waals surface area contributed by atoms with Crippen molar-refractivity contribution in [2.45, 2.75) is 26.7 Å². The molecule has 0 saturated heterocycles. The molecule has 0 aliphatic rings. The molecule has 0 radical (unpaired) electrons. The molecule has 20 heavy (non-hydrogen) atoms. The number of anilines is 1. The van der Waals surface area contributed by atoms with Gasteiger partial charge in [-0.15, -0.1) is 0 Å². The topological polar surface area (TPSA) is 50.7 Å². The molecule has 4 nitrogen and oxygen atoms in total. The summed E-state index contributed by atoms with van der Waals surface area (Å²) in [6.07, 6.45) is 1.18. The van der Waals surface area contributed by atoms with Gasteiger partial charge in [0.05, 0.1) is 15.5 Å². The van der Waals surface area contributed by atoms with Crippen LogP contribution in [0.5, 0.6) is 0 Å². The maximum atomic E-state index is 13.0. The third kappa shape index (κ3) is 3.23. The average molecular weight is 386 g/mol. The van der Waals surface area contributed by atoms with E-state index in [9.17, 15) is 4.39 Å². The Hall–Kier alpha value is -1.31. The fraction of sp³-hybridized carbons (Fsp3) is 0.357. The summed E-state index contributed by atoms with van der Waals surface area (Å²) in [6, 6.07) is 2.96. The summed E-state index contributed by atoms with van der Waals surface area (Å²) in [7, 11) is 0. The Labute approximate surface area is 131 Å². The van der Waals surface area contributed by atoms with Crippen LogP contribution in [0.2, 0.25) is 0 Å². The maximum Gasteiger partial charge on any atom is 0.180 e. The highest BCUT2D eigenvalue weighted by Crippen LogP contribution is 2.27. The van der Waals surface area contributed by atoms with E-state index < -0.39 is 0 Å². The van der Waals surface area contributed by atoms with E-state index in [4.69, 9.17) is 0 Å². The zero-order chi connectivity index (χ0) is 14.7. The molecule has 2 aromatic heterocycles. The number of rotatable bonds is 4. The molecule has 0 spiro atoms. The van der Waals surface area contributed by atoms with Crippen LogP contribution < -0.4 is 5.32 Å². The van der Waals surface area contributed by atoms with Crippen molar-refractivity contribution >= 4 is 28.4 Å². The van der Waals surface area contributed by atoms with Crippen LogP contribution in [-0.2, 0) is 0 Å². The summed E-state index contributed by atoms with van der Waals surface area (Å²) in [4.78, 5) is 13.1. The van der Waals surface area contributed by atoms with E-state index in [-0.39, 0.29) is 11.7 Å². The third-order valence-corrected chi connectivity index (χ3v) is 3.79. The number of halogens is 2. The van der Waals surface area contributed by atoms with Gasteiger partial charge in [0.1, 0.15) is 17.3 Å². The number of nitrogens with one attached hydrogen (secondary N) is 1. The average Bonchev–Trinajstić information content (AvgIpc) is 2.42. The van der Waals surface area contributed by atoms with Gasteiger partial charge in [0.15, 0.2) is 5.82 Å². The van der Waals surface area contributed by atoms with Crippen molar-refractivity contribution in [3.8, 4) is 11.5 Å². The third-order valence-electron chi connectivity index (χ3n) is 2.72. The Morgan fingerprint density at radius 2 is 2.05 bits per heavy atom. The molecule has 0 aliphatic carbocycles. The van der Waals surface area contributed by atoms with Gasteiger partial charge in [-0.25, -0.2) is 19.3 Å².